The third-order valence-electron chi connectivity index (χ3n) is 5.74. The molecule has 1 aliphatic rings. The van der Waals surface area contributed by atoms with Gasteiger partial charge in [0.25, 0.3) is 5.91 Å². The lowest BCUT2D eigenvalue weighted by Crippen LogP contribution is -2.40. The van der Waals surface area contributed by atoms with Crippen molar-refractivity contribution in [2.24, 2.45) is 5.92 Å². The normalized spacial score (nSPS) is 16.1. The van der Waals surface area contributed by atoms with Crippen LogP contribution in [0.2, 0.25) is 0 Å². The second kappa shape index (κ2) is 8.91. The third-order valence-corrected chi connectivity index (χ3v) is 6.06. The highest BCUT2D eigenvalue weighted by molar-refractivity contribution is 7.80. The van der Waals surface area contributed by atoms with E-state index in [9.17, 15) is 9.90 Å². The predicted molar refractivity (Wildman–Crippen MR) is 119 cm³/mol. The number of thiol groups is 1. The van der Waals surface area contributed by atoms with Gasteiger partial charge in [0.1, 0.15) is 5.69 Å². The van der Waals surface area contributed by atoms with E-state index in [2.05, 4.69) is 36.7 Å². The Kier molecular flexibility index (Phi) is 6.77. The number of aryl methyl sites for hydroxylation is 2. The highest BCUT2D eigenvalue weighted by Gasteiger charge is 2.28. The van der Waals surface area contributed by atoms with E-state index < -0.39 is 5.60 Å². The molecule has 1 saturated heterocycles. The average molecular weight is 403 g/mol. The van der Waals surface area contributed by atoms with Crippen molar-refractivity contribution in [3.63, 3.8) is 0 Å². The van der Waals surface area contributed by atoms with E-state index in [1.54, 1.807) is 0 Å². The molecule has 0 radical (unpaired) electrons. The molecule has 4 nitrogen and oxygen atoms in total. The number of carbonyl (C=O) groups excluding carboxylic acids is 1. The summed E-state index contributed by atoms with van der Waals surface area (Å²) < 4.78 is 0. The molecule has 0 atom stereocenters. The van der Waals surface area contributed by atoms with Gasteiger partial charge in [0.2, 0.25) is 0 Å². The fourth-order valence-electron chi connectivity index (χ4n) is 4.44. The van der Waals surface area contributed by atoms with Gasteiger partial charge >= 0.3 is 0 Å². The number of aliphatic hydroxyl groups is 1. The number of likely N-dealkylation sites (tertiary alicyclic amines) is 1. The summed E-state index contributed by atoms with van der Waals surface area (Å²) >= 11 is 4.31. The van der Waals surface area contributed by atoms with E-state index in [1.807, 2.05) is 24.8 Å². The molecule has 154 valence electrons. The molecule has 2 N–H and O–H groups in total. The van der Waals surface area contributed by atoms with Gasteiger partial charge in [-0.05, 0) is 94.2 Å². The summed E-state index contributed by atoms with van der Waals surface area (Å²) in [6.45, 7) is 7.37. The van der Waals surface area contributed by atoms with Gasteiger partial charge in [0.15, 0.2) is 0 Å². The molecule has 1 fully saturated rings. The smallest absolute Gasteiger partial charge is 0.270 e. The van der Waals surface area contributed by atoms with Crippen LogP contribution in [0.5, 0.6) is 0 Å². The molecule has 3 rings (SSSR count). The number of nitrogens with zero attached hydrogens (tertiary/aromatic N) is 1. The summed E-state index contributed by atoms with van der Waals surface area (Å²) in [5, 5.41) is 11.2. The Morgan fingerprint density at radius 3 is 2.61 bits per heavy atom. The lowest BCUT2D eigenvalue weighted by molar-refractivity contribution is 0.0357. The van der Waals surface area contributed by atoms with Crippen molar-refractivity contribution in [2.75, 3.05) is 18.8 Å². The van der Waals surface area contributed by atoms with Crippen LogP contribution in [-0.2, 0) is 6.42 Å². The summed E-state index contributed by atoms with van der Waals surface area (Å²) in [7, 11) is 0. The van der Waals surface area contributed by atoms with Crippen LogP contribution in [0.15, 0.2) is 18.2 Å². The number of amides is 1. The van der Waals surface area contributed by atoms with Crippen LogP contribution in [-0.4, -0.2) is 45.3 Å². The summed E-state index contributed by atoms with van der Waals surface area (Å²) in [6, 6.07) is 6.41. The minimum Gasteiger partial charge on any atom is -0.390 e. The van der Waals surface area contributed by atoms with Crippen molar-refractivity contribution in [3.05, 3.63) is 35.0 Å². The Labute approximate surface area is 174 Å². The van der Waals surface area contributed by atoms with Crippen molar-refractivity contribution < 1.29 is 9.90 Å². The number of H-pyrrole nitrogens is 1. The van der Waals surface area contributed by atoms with Crippen LogP contribution in [0, 0.1) is 12.8 Å². The minimum atomic E-state index is -0.630. The van der Waals surface area contributed by atoms with Gasteiger partial charge in [-0.1, -0.05) is 6.07 Å². The molecule has 0 saturated carbocycles. The molecule has 1 aromatic heterocycles. The molecule has 1 aromatic carbocycles. The van der Waals surface area contributed by atoms with Crippen molar-refractivity contribution in [1.82, 2.24) is 9.88 Å². The maximum atomic E-state index is 13.1. The molecule has 1 amide bonds. The number of piperidine rings is 1. The van der Waals surface area contributed by atoms with Crippen LogP contribution < -0.4 is 0 Å². The third kappa shape index (κ3) is 5.32. The lowest BCUT2D eigenvalue weighted by Gasteiger charge is -2.34. The Hall–Kier alpha value is -1.46. The van der Waals surface area contributed by atoms with Crippen LogP contribution in [0.1, 0.15) is 67.6 Å². The van der Waals surface area contributed by atoms with Crippen molar-refractivity contribution >= 4 is 29.4 Å². The molecule has 0 spiro atoms. The fraction of sp³-hybridized carbons (Fsp3) is 0.609. The van der Waals surface area contributed by atoms with Crippen LogP contribution >= 0.6 is 12.6 Å². The largest absolute Gasteiger partial charge is 0.390 e. The van der Waals surface area contributed by atoms with Crippen LogP contribution in [0.3, 0.4) is 0 Å². The minimum absolute atomic E-state index is 0.0943. The van der Waals surface area contributed by atoms with E-state index >= 15 is 0 Å². The molecule has 2 aromatic rings. The molecule has 5 heteroatoms. The van der Waals surface area contributed by atoms with E-state index in [0.29, 0.717) is 11.6 Å². The number of hydrogen-bond acceptors (Lipinski definition) is 3. The number of fused-ring (bicyclic) bond motifs is 1. The zero-order valence-electron chi connectivity index (χ0n) is 17.4. The van der Waals surface area contributed by atoms with Crippen molar-refractivity contribution in [1.29, 1.82) is 0 Å². The topological polar surface area (TPSA) is 56.3 Å². The summed E-state index contributed by atoms with van der Waals surface area (Å²) in [5.41, 5.74) is 3.66. The number of aromatic amines is 1. The Balaban J connectivity index is 1.71. The van der Waals surface area contributed by atoms with Crippen LogP contribution in [0.4, 0.5) is 0 Å². The Morgan fingerprint density at radius 2 is 1.96 bits per heavy atom. The molecule has 2 heterocycles. The summed E-state index contributed by atoms with van der Waals surface area (Å²) in [5.74, 6) is 1.50. The fourth-order valence-corrected chi connectivity index (χ4v) is 4.66. The first kappa shape index (κ1) is 21.3. The van der Waals surface area contributed by atoms with Crippen LogP contribution in [0.25, 0.3) is 10.9 Å². The van der Waals surface area contributed by atoms with E-state index in [4.69, 9.17) is 0 Å². The number of nitrogens with one attached hydrogen (secondary N) is 1. The molecule has 0 unspecified atom stereocenters. The van der Waals surface area contributed by atoms with Gasteiger partial charge in [0.05, 0.1) is 5.60 Å². The van der Waals surface area contributed by atoms with Gasteiger partial charge in [-0.2, -0.15) is 12.6 Å². The summed E-state index contributed by atoms with van der Waals surface area (Å²) in [4.78, 5) is 18.4. The zero-order valence-corrected chi connectivity index (χ0v) is 18.3. The van der Waals surface area contributed by atoms with Gasteiger partial charge in [-0.3, -0.25) is 4.79 Å². The van der Waals surface area contributed by atoms with E-state index in [1.165, 1.54) is 16.5 Å². The molecular formula is C23H34N2O2S. The first-order valence-corrected chi connectivity index (χ1v) is 11.1. The number of unbranched alkanes of at least 4 members (excludes halogenated alkanes) is 1. The maximum absolute atomic E-state index is 13.1. The van der Waals surface area contributed by atoms with Crippen molar-refractivity contribution in [2.45, 2.75) is 64.9 Å². The Morgan fingerprint density at radius 1 is 1.25 bits per heavy atom. The molecule has 0 bridgehead atoms. The zero-order chi connectivity index (χ0) is 20.3. The first-order chi connectivity index (χ1) is 13.3. The summed E-state index contributed by atoms with van der Waals surface area (Å²) in [6.07, 6.45) is 5.97. The average Bonchev–Trinajstić information content (AvgIpc) is 3.04. The number of aromatic nitrogens is 1. The van der Waals surface area contributed by atoms with Gasteiger partial charge in [-0.15, -0.1) is 0 Å². The Bertz CT molecular complexity index is 814. The predicted octanol–water partition coefficient (Wildman–Crippen LogP) is 4.74. The number of carbonyl (C=O) groups is 1. The number of benzene rings is 1. The monoisotopic (exact) mass is 402 g/mol. The van der Waals surface area contributed by atoms with Crippen molar-refractivity contribution in [3.8, 4) is 0 Å². The van der Waals surface area contributed by atoms with E-state index in [-0.39, 0.29) is 5.91 Å². The SMILES string of the molecule is Cc1cc(CCCCS)c2cc(C(=O)N3CCC(CC(C)(C)O)CC3)[nH]c2c1. The quantitative estimate of drug-likeness (QED) is 0.463. The number of rotatable bonds is 7. The first-order valence-electron chi connectivity index (χ1n) is 10.5. The van der Waals surface area contributed by atoms with E-state index in [0.717, 1.165) is 62.9 Å². The second-order valence-electron chi connectivity index (χ2n) is 9.00. The molecule has 1 aliphatic heterocycles. The maximum Gasteiger partial charge on any atom is 0.270 e. The lowest BCUT2D eigenvalue weighted by atomic mass is 9.86. The van der Waals surface area contributed by atoms with Gasteiger partial charge in [-0.25, -0.2) is 0 Å². The number of hydrogen-bond donors (Lipinski definition) is 3. The van der Waals surface area contributed by atoms with Gasteiger partial charge in [0, 0.05) is 24.0 Å². The highest BCUT2D eigenvalue weighted by atomic mass is 32.1. The standard InChI is InChI=1S/C23H34N2O2S/c1-16-12-18(6-4-5-11-28)19-14-21(24-20(19)13-16)22(26)25-9-7-17(8-10-25)15-23(2,3)27/h12-14,17,24,27-28H,4-11,15H2,1-3H3. The highest BCUT2D eigenvalue weighted by Crippen LogP contribution is 2.28. The second-order valence-corrected chi connectivity index (χ2v) is 9.45. The molecule has 0 aliphatic carbocycles. The van der Waals surface area contributed by atoms with Gasteiger partial charge < -0.3 is 15.0 Å². The molecular weight excluding hydrogens is 368 g/mol. The molecule has 28 heavy (non-hydrogen) atoms.